The number of benzene rings is 2. The van der Waals surface area contributed by atoms with Crippen LogP contribution in [0.4, 0.5) is 10.5 Å². The molecule has 0 atom stereocenters. The molecule has 1 fully saturated rings. The van der Waals surface area contributed by atoms with Crippen LogP contribution in [0.2, 0.25) is 0 Å². The summed E-state index contributed by atoms with van der Waals surface area (Å²) in [6.07, 6.45) is 1.64. The maximum atomic E-state index is 12.5. The summed E-state index contributed by atoms with van der Waals surface area (Å²) in [5.74, 6) is -0.226. The molecule has 0 aromatic heterocycles. The van der Waals surface area contributed by atoms with Gasteiger partial charge in [0, 0.05) is 10.2 Å². The summed E-state index contributed by atoms with van der Waals surface area (Å²) < 4.78 is 6.22. The molecule has 1 aliphatic rings. The molecule has 144 valence electrons. The maximum Gasteiger partial charge on any atom is 0.294 e. The molecule has 8 heteroatoms. The fraction of sp³-hybridized carbons (Fsp3) is 0.150. The Labute approximate surface area is 175 Å². The number of nitrogens with zero attached hydrogens (tertiary/aromatic N) is 1. The zero-order chi connectivity index (χ0) is 20.1. The molecular weight excluding hydrogens is 444 g/mol. The Morgan fingerprint density at radius 3 is 2.64 bits per heavy atom. The van der Waals surface area contributed by atoms with Gasteiger partial charge in [-0.15, -0.1) is 0 Å². The van der Waals surface area contributed by atoms with Crippen LogP contribution in [0.3, 0.4) is 0 Å². The van der Waals surface area contributed by atoms with Crippen molar-refractivity contribution in [2.24, 2.45) is 0 Å². The Kier molecular flexibility index (Phi) is 6.53. The van der Waals surface area contributed by atoms with E-state index in [4.69, 9.17) is 4.74 Å². The molecular formula is C20H17BrN2O4S. The van der Waals surface area contributed by atoms with Crippen LogP contribution in [0.15, 0.2) is 57.9 Å². The van der Waals surface area contributed by atoms with Gasteiger partial charge in [0.25, 0.3) is 11.1 Å². The first kappa shape index (κ1) is 20.2. The lowest BCUT2D eigenvalue weighted by atomic mass is 10.2. The fourth-order valence-corrected chi connectivity index (χ4v) is 3.78. The van der Waals surface area contributed by atoms with E-state index in [2.05, 4.69) is 21.2 Å². The number of carbonyl (C=O) groups is 3. The van der Waals surface area contributed by atoms with E-state index >= 15 is 0 Å². The van der Waals surface area contributed by atoms with Gasteiger partial charge in [-0.3, -0.25) is 19.3 Å². The van der Waals surface area contributed by atoms with Crippen molar-refractivity contribution in [1.29, 1.82) is 0 Å². The first-order valence-electron chi connectivity index (χ1n) is 8.50. The maximum absolute atomic E-state index is 12.5. The normalized spacial score (nSPS) is 15.2. The molecule has 0 saturated carbocycles. The molecule has 1 heterocycles. The molecule has 6 nitrogen and oxygen atoms in total. The van der Waals surface area contributed by atoms with Crippen molar-refractivity contribution >= 4 is 56.5 Å². The Balaban J connectivity index is 1.64. The van der Waals surface area contributed by atoms with Crippen LogP contribution < -0.4 is 10.1 Å². The number of nitrogens with one attached hydrogen (secondary N) is 1. The van der Waals surface area contributed by atoms with E-state index < -0.39 is 17.1 Å². The molecule has 28 heavy (non-hydrogen) atoms. The number of imide groups is 1. The smallest absolute Gasteiger partial charge is 0.294 e. The first-order chi connectivity index (χ1) is 13.5. The number of thioether (sulfide) groups is 1. The zero-order valence-corrected chi connectivity index (χ0v) is 17.4. The van der Waals surface area contributed by atoms with E-state index in [0.29, 0.717) is 18.0 Å². The average molecular weight is 461 g/mol. The van der Waals surface area contributed by atoms with Gasteiger partial charge in [-0.2, -0.15) is 0 Å². The summed E-state index contributed by atoms with van der Waals surface area (Å²) in [5.41, 5.74) is 1.35. The number of rotatable bonds is 6. The predicted molar refractivity (Wildman–Crippen MR) is 113 cm³/mol. The second-order valence-electron chi connectivity index (χ2n) is 5.83. The second-order valence-corrected chi connectivity index (χ2v) is 7.74. The van der Waals surface area contributed by atoms with Gasteiger partial charge < -0.3 is 10.1 Å². The van der Waals surface area contributed by atoms with Crippen molar-refractivity contribution < 1.29 is 19.1 Å². The van der Waals surface area contributed by atoms with Crippen molar-refractivity contribution in [2.45, 2.75) is 6.92 Å². The number of carbonyl (C=O) groups excluding carboxylic acids is 3. The Morgan fingerprint density at radius 1 is 1.21 bits per heavy atom. The minimum absolute atomic E-state index is 0.289. The molecule has 0 unspecified atom stereocenters. The van der Waals surface area contributed by atoms with E-state index in [-0.39, 0.29) is 11.4 Å². The van der Waals surface area contributed by atoms with E-state index in [1.807, 2.05) is 31.2 Å². The molecule has 1 saturated heterocycles. The first-order valence-corrected chi connectivity index (χ1v) is 10.1. The molecule has 0 spiro atoms. The van der Waals surface area contributed by atoms with Crippen molar-refractivity contribution in [3.05, 3.63) is 63.5 Å². The quantitative estimate of drug-likeness (QED) is 0.641. The van der Waals surface area contributed by atoms with Gasteiger partial charge in [-0.25, -0.2) is 0 Å². The van der Waals surface area contributed by atoms with Gasteiger partial charge in [0.1, 0.15) is 12.3 Å². The molecule has 0 bridgehead atoms. The van der Waals surface area contributed by atoms with Crippen LogP contribution in [0.1, 0.15) is 12.5 Å². The van der Waals surface area contributed by atoms with Crippen LogP contribution >= 0.6 is 27.7 Å². The second kappa shape index (κ2) is 9.07. The summed E-state index contributed by atoms with van der Waals surface area (Å²) in [5, 5.41) is 2.21. The minimum atomic E-state index is -0.475. The molecule has 0 radical (unpaired) electrons. The van der Waals surface area contributed by atoms with Gasteiger partial charge in [-0.05, 0) is 66.7 Å². The topological polar surface area (TPSA) is 75.7 Å². The number of hydrogen-bond donors (Lipinski definition) is 1. The number of amides is 3. The SMILES string of the molecule is CCOc1ccc(NC(=O)CN2C(=O)S/C(=C\c3cccc(Br)c3)C2=O)cc1. The lowest BCUT2D eigenvalue weighted by molar-refractivity contribution is -0.127. The largest absolute Gasteiger partial charge is 0.494 e. The molecule has 2 aromatic rings. The monoisotopic (exact) mass is 460 g/mol. The third-order valence-electron chi connectivity index (χ3n) is 3.77. The van der Waals surface area contributed by atoms with E-state index in [1.54, 1.807) is 30.3 Å². The summed E-state index contributed by atoms with van der Waals surface area (Å²) in [7, 11) is 0. The van der Waals surface area contributed by atoms with Gasteiger partial charge in [0.05, 0.1) is 11.5 Å². The highest BCUT2D eigenvalue weighted by molar-refractivity contribution is 9.10. The van der Waals surface area contributed by atoms with Crippen LogP contribution in [0, 0.1) is 0 Å². The summed E-state index contributed by atoms with van der Waals surface area (Å²) in [4.78, 5) is 38.2. The summed E-state index contributed by atoms with van der Waals surface area (Å²) in [6, 6.07) is 14.2. The molecule has 2 aromatic carbocycles. The third kappa shape index (κ3) is 5.02. The van der Waals surface area contributed by atoms with Crippen LogP contribution in [-0.4, -0.2) is 35.1 Å². The summed E-state index contributed by atoms with van der Waals surface area (Å²) in [6.45, 7) is 2.10. The third-order valence-corrected chi connectivity index (χ3v) is 5.17. The highest BCUT2D eigenvalue weighted by Gasteiger charge is 2.36. The lowest BCUT2D eigenvalue weighted by Crippen LogP contribution is -2.36. The highest BCUT2D eigenvalue weighted by Crippen LogP contribution is 2.32. The minimum Gasteiger partial charge on any atom is -0.494 e. The number of hydrogen-bond acceptors (Lipinski definition) is 5. The number of ether oxygens (including phenoxy) is 1. The molecule has 1 N–H and O–H groups in total. The van der Waals surface area contributed by atoms with Gasteiger partial charge >= 0.3 is 0 Å². The van der Waals surface area contributed by atoms with Crippen LogP contribution in [0.25, 0.3) is 6.08 Å². The van der Waals surface area contributed by atoms with Gasteiger partial charge in [-0.1, -0.05) is 28.1 Å². The molecule has 3 rings (SSSR count). The van der Waals surface area contributed by atoms with Crippen molar-refractivity contribution in [2.75, 3.05) is 18.5 Å². The summed E-state index contributed by atoms with van der Waals surface area (Å²) >= 11 is 4.19. The van der Waals surface area contributed by atoms with Gasteiger partial charge in [0.15, 0.2) is 0 Å². The highest BCUT2D eigenvalue weighted by atomic mass is 79.9. The lowest BCUT2D eigenvalue weighted by Gasteiger charge is -2.12. The van der Waals surface area contributed by atoms with E-state index in [1.165, 1.54) is 0 Å². The zero-order valence-electron chi connectivity index (χ0n) is 15.0. The van der Waals surface area contributed by atoms with Gasteiger partial charge in [0.2, 0.25) is 5.91 Å². The standard InChI is InChI=1S/C20H17BrN2O4S/c1-2-27-16-8-6-15(7-9-16)22-18(24)12-23-19(25)17(28-20(23)26)11-13-4-3-5-14(21)10-13/h3-11H,2,12H2,1H3,(H,22,24)/b17-11-. The van der Waals surface area contributed by atoms with Crippen LogP contribution in [0.5, 0.6) is 5.75 Å². The van der Waals surface area contributed by atoms with Crippen molar-refractivity contribution in [3.63, 3.8) is 0 Å². The average Bonchev–Trinajstić information content (AvgIpc) is 2.91. The van der Waals surface area contributed by atoms with Crippen molar-refractivity contribution in [1.82, 2.24) is 4.90 Å². The van der Waals surface area contributed by atoms with Crippen LogP contribution in [-0.2, 0) is 9.59 Å². The Hall–Kier alpha value is -2.58. The Bertz CT molecular complexity index is 943. The number of halogens is 1. The van der Waals surface area contributed by atoms with E-state index in [9.17, 15) is 14.4 Å². The fourth-order valence-electron chi connectivity index (χ4n) is 2.53. The predicted octanol–water partition coefficient (Wildman–Crippen LogP) is 4.52. The molecule has 1 aliphatic heterocycles. The van der Waals surface area contributed by atoms with Crippen molar-refractivity contribution in [3.8, 4) is 5.75 Å². The molecule has 0 aliphatic carbocycles. The Morgan fingerprint density at radius 2 is 1.96 bits per heavy atom. The van der Waals surface area contributed by atoms with E-state index in [0.717, 1.165) is 26.7 Å². The molecule has 3 amide bonds. The number of anilines is 1.